The second-order valence-electron chi connectivity index (χ2n) is 6.07. The van der Waals surface area contributed by atoms with E-state index in [1.54, 1.807) is 12.1 Å². The average molecular weight is 333 g/mol. The molecular formula is C18H21ClN2O2. The van der Waals surface area contributed by atoms with Gasteiger partial charge in [-0.2, -0.15) is 0 Å². The largest absolute Gasteiger partial charge is 0.441 e. The molecule has 1 fully saturated rings. The van der Waals surface area contributed by atoms with Crippen molar-refractivity contribution in [2.24, 2.45) is 0 Å². The first-order valence-electron chi connectivity index (χ1n) is 8.08. The van der Waals surface area contributed by atoms with Gasteiger partial charge >= 0.3 is 0 Å². The summed E-state index contributed by atoms with van der Waals surface area (Å²) in [5.41, 5.74) is 1.61. The quantitative estimate of drug-likeness (QED) is 0.774. The molecule has 23 heavy (non-hydrogen) atoms. The van der Waals surface area contributed by atoms with Gasteiger partial charge < -0.3 is 14.1 Å². The highest BCUT2D eigenvalue weighted by Gasteiger charge is 2.23. The zero-order valence-electron chi connectivity index (χ0n) is 13.3. The second-order valence-corrected chi connectivity index (χ2v) is 6.51. The first-order valence-corrected chi connectivity index (χ1v) is 8.46. The van der Waals surface area contributed by atoms with Crippen molar-refractivity contribution < 1.29 is 9.21 Å². The van der Waals surface area contributed by atoms with Crippen LogP contribution in [0, 0.1) is 6.92 Å². The Labute approximate surface area is 141 Å². The predicted molar refractivity (Wildman–Crippen MR) is 90.8 cm³/mol. The molecule has 0 aliphatic carbocycles. The van der Waals surface area contributed by atoms with E-state index in [9.17, 15) is 4.79 Å². The van der Waals surface area contributed by atoms with Gasteiger partial charge in [0.25, 0.3) is 0 Å². The molecule has 1 aromatic heterocycles. The predicted octanol–water partition coefficient (Wildman–Crippen LogP) is 4.07. The number of aryl methyl sites for hydroxylation is 1. The summed E-state index contributed by atoms with van der Waals surface area (Å²) in [5.74, 6) is 1.02. The highest BCUT2D eigenvalue weighted by Crippen LogP contribution is 2.27. The number of carbonyl (C=O) groups is 1. The molecule has 2 heterocycles. The molecule has 0 spiro atoms. The summed E-state index contributed by atoms with van der Waals surface area (Å²) in [6, 6.07) is 7.36. The number of oxazole rings is 1. The van der Waals surface area contributed by atoms with Crippen molar-refractivity contribution >= 4 is 17.9 Å². The standard InChI is InChI=1S/C18H21ClN2O2/c1-13-17(15(12-22)11-21-9-3-2-4-10-21)20-18(23-13)14-5-7-16(19)8-6-14/h5-8,12,15H,2-4,9-11H2,1H3. The lowest BCUT2D eigenvalue weighted by atomic mass is 10.0. The maximum absolute atomic E-state index is 11.6. The lowest BCUT2D eigenvalue weighted by Gasteiger charge is -2.28. The number of hydrogen-bond acceptors (Lipinski definition) is 4. The molecule has 1 aliphatic rings. The monoisotopic (exact) mass is 332 g/mol. The van der Waals surface area contributed by atoms with E-state index in [1.807, 2.05) is 19.1 Å². The fourth-order valence-corrected chi connectivity index (χ4v) is 3.21. The average Bonchev–Trinajstić information content (AvgIpc) is 2.96. The third kappa shape index (κ3) is 3.82. The molecule has 3 rings (SSSR count). The van der Waals surface area contributed by atoms with Gasteiger partial charge in [-0.05, 0) is 57.1 Å². The summed E-state index contributed by atoms with van der Waals surface area (Å²) in [6.07, 6.45) is 4.69. The van der Waals surface area contributed by atoms with Crippen LogP contribution < -0.4 is 0 Å². The van der Waals surface area contributed by atoms with Gasteiger partial charge in [-0.1, -0.05) is 18.0 Å². The van der Waals surface area contributed by atoms with Gasteiger partial charge in [-0.25, -0.2) is 4.98 Å². The molecule has 0 bridgehead atoms. The Hall–Kier alpha value is -1.65. The Morgan fingerprint density at radius 1 is 1.26 bits per heavy atom. The Morgan fingerprint density at radius 3 is 2.61 bits per heavy atom. The van der Waals surface area contributed by atoms with Crippen LogP contribution in [0.15, 0.2) is 28.7 Å². The summed E-state index contributed by atoms with van der Waals surface area (Å²) < 4.78 is 5.78. The molecule has 1 saturated heterocycles. The Balaban J connectivity index is 1.80. The van der Waals surface area contributed by atoms with Crippen LogP contribution >= 0.6 is 11.6 Å². The first kappa shape index (κ1) is 16.2. The molecule has 0 radical (unpaired) electrons. The minimum Gasteiger partial charge on any atom is -0.441 e. The van der Waals surface area contributed by atoms with Crippen molar-refractivity contribution in [2.45, 2.75) is 32.1 Å². The summed E-state index contributed by atoms with van der Waals surface area (Å²) >= 11 is 5.91. The van der Waals surface area contributed by atoms with Crippen LogP contribution in [0.5, 0.6) is 0 Å². The second kappa shape index (κ2) is 7.28. The molecule has 1 unspecified atom stereocenters. The number of rotatable bonds is 5. The minimum absolute atomic E-state index is 0.238. The molecule has 2 aromatic rings. The smallest absolute Gasteiger partial charge is 0.226 e. The van der Waals surface area contributed by atoms with E-state index in [0.717, 1.165) is 37.2 Å². The number of carbonyl (C=O) groups excluding carboxylic acids is 1. The molecule has 0 amide bonds. The van der Waals surface area contributed by atoms with E-state index < -0.39 is 0 Å². The van der Waals surface area contributed by atoms with E-state index in [0.29, 0.717) is 16.7 Å². The molecule has 1 aromatic carbocycles. The van der Waals surface area contributed by atoms with Crippen LogP contribution in [0.4, 0.5) is 0 Å². The van der Waals surface area contributed by atoms with Crippen LogP contribution in [0.2, 0.25) is 5.02 Å². The lowest BCUT2D eigenvalue weighted by molar-refractivity contribution is -0.109. The number of piperidine rings is 1. The zero-order valence-corrected chi connectivity index (χ0v) is 14.1. The van der Waals surface area contributed by atoms with Gasteiger partial charge in [0.05, 0.1) is 11.6 Å². The van der Waals surface area contributed by atoms with Crippen LogP contribution in [-0.4, -0.2) is 35.8 Å². The molecule has 1 atom stereocenters. The minimum atomic E-state index is -0.238. The van der Waals surface area contributed by atoms with Gasteiger partial charge in [-0.15, -0.1) is 0 Å². The topological polar surface area (TPSA) is 46.3 Å². The van der Waals surface area contributed by atoms with Crippen molar-refractivity contribution in [3.05, 3.63) is 40.7 Å². The third-order valence-corrected chi connectivity index (χ3v) is 4.59. The van der Waals surface area contributed by atoms with Crippen molar-refractivity contribution in [1.82, 2.24) is 9.88 Å². The number of aromatic nitrogens is 1. The molecule has 0 N–H and O–H groups in total. The number of likely N-dealkylation sites (tertiary alicyclic amines) is 1. The summed E-state index contributed by atoms with van der Waals surface area (Å²) in [5, 5.41) is 0.674. The van der Waals surface area contributed by atoms with Gasteiger partial charge in [0.15, 0.2) is 0 Å². The van der Waals surface area contributed by atoms with E-state index >= 15 is 0 Å². The van der Waals surface area contributed by atoms with Crippen LogP contribution in [0.1, 0.15) is 36.6 Å². The highest BCUT2D eigenvalue weighted by molar-refractivity contribution is 6.30. The normalized spacial score (nSPS) is 17.1. The third-order valence-electron chi connectivity index (χ3n) is 4.34. The Bertz CT molecular complexity index is 660. The molecule has 122 valence electrons. The maximum Gasteiger partial charge on any atom is 0.226 e. The first-order chi connectivity index (χ1) is 11.2. The van der Waals surface area contributed by atoms with Crippen molar-refractivity contribution in [3.63, 3.8) is 0 Å². The number of hydrogen-bond donors (Lipinski definition) is 0. The van der Waals surface area contributed by atoms with E-state index in [1.165, 1.54) is 19.3 Å². The van der Waals surface area contributed by atoms with Gasteiger partial charge in [0.1, 0.15) is 12.0 Å². The van der Waals surface area contributed by atoms with Crippen molar-refractivity contribution in [1.29, 1.82) is 0 Å². The molecule has 0 saturated carbocycles. The number of nitrogens with zero attached hydrogens (tertiary/aromatic N) is 2. The summed E-state index contributed by atoms with van der Waals surface area (Å²) in [6.45, 7) is 4.71. The van der Waals surface area contributed by atoms with Crippen molar-refractivity contribution in [2.75, 3.05) is 19.6 Å². The number of benzene rings is 1. The number of halogens is 1. The highest BCUT2D eigenvalue weighted by atomic mass is 35.5. The van der Waals surface area contributed by atoms with Gasteiger partial charge in [0.2, 0.25) is 5.89 Å². The maximum atomic E-state index is 11.6. The van der Waals surface area contributed by atoms with Crippen molar-refractivity contribution in [3.8, 4) is 11.5 Å². The fraction of sp³-hybridized carbons (Fsp3) is 0.444. The summed E-state index contributed by atoms with van der Waals surface area (Å²) in [7, 11) is 0. The molecular weight excluding hydrogens is 312 g/mol. The Kier molecular flexibility index (Phi) is 5.13. The SMILES string of the molecule is Cc1oc(-c2ccc(Cl)cc2)nc1C(C=O)CN1CCCCC1. The fourth-order valence-electron chi connectivity index (χ4n) is 3.08. The van der Waals surface area contributed by atoms with Crippen LogP contribution in [0.3, 0.4) is 0 Å². The summed E-state index contributed by atoms with van der Waals surface area (Å²) in [4.78, 5) is 18.5. The van der Waals surface area contributed by atoms with Gasteiger partial charge in [-0.3, -0.25) is 0 Å². The Morgan fingerprint density at radius 2 is 1.96 bits per heavy atom. The van der Waals surface area contributed by atoms with Crippen LogP contribution in [-0.2, 0) is 4.79 Å². The molecule has 4 nitrogen and oxygen atoms in total. The van der Waals surface area contributed by atoms with E-state index in [-0.39, 0.29) is 5.92 Å². The molecule has 5 heteroatoms. The van der Waals surface area contributed by atoms with Crippen LogP contribution in [0.25, 0.3) is 11.5 Å². The number of aldehydes is 1. The van der Waals surface area contributed by atoms with Gasteiger partial charge in [0, 0.05) is 17.1 Å². The molecule has 1 aliphatic heterocycles. The zero-order chi connectivity index (χ0) is 16.2. The lowest BCUT2D eigenvalue weighted by Crippen LogP contribution is -2.34. The van der Waals surface area contributed by atoms with E-state index in [4.69, 9.17) is 16.0 Å². The van der Waals surface area contributed by atoms with E-state index in [2.05, 4.69) is 9.88 Å².